The Balaban J connectivity index is 1.40. The maximum Gasteiger partial charge on any atom is 0.324 e. The van der Waals surface area contributed by atoms with Crippen molar-refractivity contribution in [3.63, 3.8) is 0 Å². The van der Waals surface area contributed by atoms with Gasteiger partial charge in [0.25, 0.3) is 5.91 Å². The maximum atomic E-state index is 12.4. The molecule has 4 heteroatoms. The van der Waals surface area contributed by atoms with E-state index in [1.165, 1.54) is 43.4 Å². The van der Waals surface area contributed by atoms with Crippen molar-refractivity contribution in [3.8, 4) is 0 Å². The van der Waals surface area contributed by atoms with Crippen molar-refractivity contribution in [1.82, 2.24) is 10.2 Å². The Morgan fingerprint density at radius 3 is 2.23 bits per heavy atom. The van der Waals surface area contributed by atoms with Crippen LogP contribution in [0.4, 0.5) is 4.79 Å². The first-order valence-corrected chi connectivity index (χ1v) is 9.20. The van der Waals surface area contributed by atoms with Gasteiger partial charge in [-0.05, 0) is 74.5 Å². The van der Waals surface area contributed by atoms with Crippen LogP contribution in [0.3, 0.4) is 0 Å². The quantitative estimate of drug-likeness (QED) is 0.792. The number of amides is 3. The first-order chi connectivity index (χ1) is 10.6. The van der Waals surface area contributed by atoms with Gasteiger partial charge in [-0.3, -0.25) is 9.69 Å². The molecule has 4 bridgehead atoms. The van der Waals surface area contributed by atoms with Crippen molar-refractivity contribution in [2.75, 3.05) is 6.54 Å². The van der Waals surface area contributed by atoms with Crippen molar-refractivity contribution in [1.29, 1.82) is 0 Å². The normalized spacial score (nSPS) is 43.0. The fraction of sp³-hybridized carbons (Fsp3) is 0.889. The van der Waals surface area contributed by atoms with Gasteiger partial charge in [-0.1, -0.05) is 13.3 Å². The number of carbonyl (C=O) groups excluding carboxylic acids is 2. The maximum absolute atomic E-state index is 12.4. The Labute approximate surface area is 133 Å². The molecule has 5 aliphatic rings. The summed E-state index contributed by atoms with van der Waals surface area (Å²) in [6, 6.07) is -0.429. The number of nitrogens with zero attached hydrogens (tertiary/aromatic N) is 1. The molecule has 1 N–H and O–H groups in total. The van der Waals surface area contributed by atoms with Gasteiger partial charge >= 0.3 is 6.03 Å². The van der Waals surface area contributed by atoms with Crippen molar-refractivity contribution >= 4 is 11.9 Å². The number of hydrogen-bond acceptors (Lipinski definition) is 2. The third-order valence-corrected chi connectivity index (χ3v) is 6.72. The highest BCUT2D eigenvalue weighted by molar-refractivity contribution is 6.04. The largest absolute Gasteiger partial charge is 0.326 e. The predicted octanol–water partition coefficient (Wildman–Crippen LogP) is 3.31. The lowest BCUT2D eigenvalue weighted by Crippen LogP contribution is -2.47. The van der Waals surface area contributed by atoms with E-state index < -0.39 is 0 Å². The number of carbonyl (C=O) groups is 2. The molecule has 5 fully saturated rings. The Bertz CT molecular complexity index is 452. The first kappa shape index (κ1) is 14.5. The molecule has 0 aromatic heterocycles. The summed E-state index contributed by atoms with van der Waals surface area (Å²) in [6.45, 7) is 2.69. The van der Waals surface area contributed by atoms with E-state index in [-0.39, 0.29) is 18.0 Å². The minimum atomic E-state index is -0.270. The summed E-state index contributed by atoms with van der Waals surface area (Å²) in [6.07, 6.45) is 11.1. The molecule has 1 aliphatic heterocycles. The molecular weight excluding hydrogens is 276 g/mol. The summed E-state index contributed by atoms with van der Waals surface area (Å²) in [5.41, 5.74) is 0.443. The summed E-state index contributed by atoms with van der Waals surface area (Å²) in [5, 5.41) is 2.85. The second-order valence-electron chi connectivity index (χ2n) is 8.45. The van der Waals surface area contributed by atoms with Gasteiger partial charge in [-0.15, -0.1) is 0 Å². The van der Waals surface area contributed by atoms with Crippen molar-refractivity contribution < 1.29 is 9.59 Å². The van der Waals surface area contributed by atoms with Crippen molar-refractivity contribution in [3.05, 3.63) is 0 Å². The van der Waals surface area contributed by atoms with Crippen molar-refractivity contribution in [2.45, 2.75) is 70.8 Å². The fourth-order valence-electron chi connectivity index (χ4n) is 6.22. The fourth-order valence-corrected chi connectivity index (χ4v) is 6.22. The molecule has 0 aromatic carbocycles. The smallest absolute Gasteiger partial charge is 0.324 e. The zero-order chi connectivity index (χ0) is 15.3. The summed E-state index contributed by atoms with van der Waals surface area (Å²) in [4.78, 5) is 25.9. The van der Waals surface area contributed by atoms with Crippen molar-refractivity contribution in [2.24, 2.45) is 23.2 Å². The molecular formula is C18H28N2O2. The summed E-state index contributed by atoms with van der Waals surface area (Å²) < 4.78 is 0. The van der Waals surface area contributed by atoms with E-state index >= 15 is 0 Å². The highest BCUT2D eigenvalue weighted by Gasteiger charge is 2.51. The van der Waals surface area contributed by atoms with Crippen LogP contribution in [0.5, 0.6) is 0 Å². The van der Waals surface area contributed by atoms with Crippen LogP contribution in [0, 0.1) is 23.2 Å². The van der Waals surface area contributed by atoms with Gasteiger partial charge in [0.05, 0.1) is 0 Å². The van der Waals surface area contributed by atoms with E-state index in [2.05, 4.69) is 12.2 Å². The molecule has 1 unspecified atom stereocenters. The number of urea groups is 1. The molecule has 0 spiro atoms. The lowest BCUT2D eigenvalue weighted by Gasteiger charge is -2.57. The molecule has 5 rings (SSSR count). The average molecular weight is 304 g/mol. The molecule has 1 saturated heterocycles. The second kappa shape index (κ2) is 5.24. The van der Waals surface area contributed by atoms with Crippen LogP contribution >= 0.6 is 0 Å². The third kappa shape index (κ3) is 2.35. The molecule has 4 saturated carbocycles. The van der Waals surface area contributed by atoms with Gasteiger partial charge in [0, 0.05) is 6.54 Å². The van der Waals surface area contributed by atoms with E-state index in [1.807, 2.05) is 0 Å². The van der Waals surface area contributed by atoms with E-state index in [1.54, 1.807) is 0 Å². The summed E-state index contributed by atoms with van der Waals surface area (Å²) in [5.74, 6) is 2.81. The van der Waals surface area contributed by atoms with Crippen LogP contribution in [-0.2, 0) is 4.79 Å². The molecule has 4 nitrogen and oxygen atoms in total. The highest BCUT2D eigenvalue weighted by Crippen LogP contribution is 2.61. The zero-order valence-corrected chi connectivity index (χ0v) is 13.6. The minimum absolute atomic E-state index is 0.0107. The number of imide groups is 1. The van der Waals surface area contributed by atoms with E-state index in [4.69, 9.17) is 0 Å². The molecule has 22 heavy (non-hydrogen) atoms. The molecule has 3 amide bonds. The number of rotatable bonds is 5. The predicted molar refractivity (Wildman–Crippen MR) is 84.2 cm³/mol. The Hall–Kier alpha value is -1.06. The van der Waals surface area contributed by atoms with Gasteiger partial charge in [0.1, 0.15) is 6.04 Å². The van der Waals surface area contributed by atoms with Gasteiger partial charge in [0.2, 0.25) is 0 Å². The topological polar surface area (TPSA) is 49.4 Å². The highest BCUT2D eigenvalue weighted by atomic mass is 16.2. The Kier molecular flexibility index (Phi) is 3.46. The van der Waals surface area contributed by atoms with Crippen LogP contribution in [0.25, 0.3) is 0 Å². The monoisotopic (exact) mass is 304 g/mol. The SMILES string of the molecule is CCCC1NC(=O)N(CCC23CC4CC(CC(C4)C2)C3)C1=O. The van der Waals surface area contributed by atoms with Crippen LogP contribution in [0.1, 0.15) is 64.7 Å². The lowest BCUT2D eigenvalue weighted by molar-refractivity contribution is -0.128. The molecule has 4 aliphatic carbocycles. The first-order valence-electron chi connectivity index (χ1n) is 9.20. The van der Waals surface area contributed by atoms with Crippen LogP contribution in [-0.4, -0.2) is 29.4 Å². The third-order valence-electron chi connectivity index (χ3n) is 6.72. The number of nitrogens with one attached hydrogen (secondary N) is 1. The van der Waals surface area contributed by atoms with E-state index in [0.717, 1.165) is 37.0 Å². The number of hydrogen-bond donors (Lipinski definition) is 1. The summed E-state index contributed by atoms with van der Waals surface area (Å²) in [7, 11) is 0. The van der Waals surface area contributed by atoms with E-state index in [0.29, 0.717) is 12.0 Å². The van der Waals surface area contributed by atoms with E-state index in [9.17, 15) is 9.59 Å². The molecule has 0 radical (unpaired) electrons. The van der Waals surface area contributed by atoms with Gasteiger partial charge in [-0.2, -0.15) is 0 Å². The summed E-state index contributed by atoms with van der Waals surface area (Å²) >= 11 is 0. The van der Waals surface area contributed by atoms with Gasteiger partial charge < -0.3 is 5.32 Å². The second-order valence-corrected chi connectivity index (χ2v) is 8.45. The molecule has 122 valence electrons. The van der Waals surface area contributed by atoms with Gasteiger partial charge in [-0.25, -0.2) is 4.79 Å². The lowest BCUT2D eigenvalue weighted by atomic mass is 9.49. The van der Waals surface area contributed by atoms with Crippen LogP contribution in [0.2, 0.25) is 0 Å². The van der Waals surface area contributed by atoms with Gasteiger partial charge in [0.15, 0.2) is 0 Å². The Morgan fingerprint density at radius 1 is 1.09 bits per heavy atom. The molecule has 1 heterocycles. The molecule has 0 aromatic rings. The zero-order valence-electron chi connectivity index (χ0n) is 13.6. The van der Waals surface area contributed by atoms with Crippen LogP contribution < -0.4 is 5.32 Å². The molecule has 1 atom stereocenters. The Morgan fingerprint density at radius 2 is 1.68 bits per heavy atom. The van der Waals surface area contributed by atoms with Crippen LogP contribution in [0.15, 0.2) is 0 Å². The standard InChI is InChI=1S/C18H28N2O2/c1-2-3-15-16(21)20(17(22)19-15)5-4-18-9-12-6-13(10-18)8-14(7-12)11-18/h12-15H,2-11H2,1H3,(H,19,22). The minimum Gasteiger partial charge on any atom is -0.326 e. The average Bonchev–Trinajstić information content (AvgIpc) is 2.70.